The molecule has 0 unspecified atom stereocenters. The first kappa shape index (κ1) is 29.0. The number of nitrogens with zero attached hydrogens (tertiary/aromatic N) is 3. The van der Waals surface area contributed by atoms with Gasteiger partial charge in [-0.15, -0.1) is 0 Å². The van der Waals surface area contributed by atoms with Gasteiger partial charge in [-0.2, -0.15) is 0 Å². The lowest BCUT2D eigenvalue weighted by Gasteiger charge is -2.23. The van der Waals surface area contributed by atoms with E-state index in [0.717, 1.165) is 39.2 Å². The van der Waals surface area contributed by atoms with Crippen LogP contribution in [-0.4, -0.2) is 15.0 Å². The van der Waals surface area contributed by atoms with Crippen molar-refractivity contribution in [2.45, 2.75) is 19.3 Å². The third-order valence-electron chi connectivity index (χ3n) is 10.0. The molecule has 49 heavy (non-hydrogen) atoms. The summed E-state index contributed by atoms with van der Waals surface area (Å²) in [6.07, 6.45) is 3.64. The molecule has 9 rings (SSSR count). The molecule has 0 saturated carbocycles. The van der Waals surface area contributed by atoms with Gasteiger partial charge < -0.3 is 0 Å². The van der Waals surface area contributed by atoms with E-state index in [2.05, 4.69) is 140 Å². The maximum atomic E-state index is 5.06. The minimum absolute atomic E-state index is 0.0611. The van der Waals surface area contributed by atoms with Crippen molar-refractivity contribution >= 4 is 10.8 Å². The molecule has 0 saturated heterocycles. The van der Waals surface area contributed by atoms with Gasteiger partial charge in [0.2, 0.25) is 0 Å². The Morgan fingerprint density at radius 1 is 0.429 bits per heavy atom. The van der Waals surface area contributed by atoms with Gasteiger partial charge in [0.15, 0.2) is 5.82 Å². The number of fused-ring (bicyclic) bond motifs is 5. The lowest BCUT2D eigenvalue weighted by Crippen LogP contribution is -2.15. The zero-order chi connectivity index (χ0) is 33.0. The van der Waals surface area contributed by atoms with Gasteiger partial charge in [-0.05, 0) is 79.5 Å². The molecule has 0 atom stereocenters. The number of pyridine rings is 1. The molecular formula is C46H33N3. The first-order valence-electron chi connectivity index (χ1n) is 16.8. The molecule has 6 aromatic carbocycles. The molecule has 0 aliphatic heterocycles. The fourth-order valence-electron chi connectivity index (χ4n) is 7.47. The number of hydrogen-bond donors (Lipinski definition) is 0. The summed E-state index contributed by atoms with van der Waals surface area (Å²) in [4.78, 5) is 14.2. The van der Waals surface area contributed by atoms with Gasteiger partial charge >= 0.3 is 0 Å². The normalized spacial score (nSPS) is 12.9. The average molecular weight is 628 g/mol. The van der Waals surface area contributed by atoms with Crippen LogP contribution in [0.4, 0.5) is 0 Å². The van der Waals surface area contributed by atoms with Gasteiger partial charge in [-0.1, -0.05) is 141 Å². The smallest absolute Gasteiger partial charge is 0.160 e. The maximum Gasteiger partial charge on any atom is 0.160 e. The zero-order valence-corrected chi connectivity index (χ0v) is 27.4. The summed E-state index contributed by atoms with van der Waals surface area (Å²) in [5.41, 5.74) is 15.0. The van der Waals surface area contributed by atoms with E-state index in [-0.39, 0.29) is 5.41 Å². The molecule has 0 spiro atoms. The van der Waals surface area contributed by atoms with Crippen molar-refractivity contribution in [1.29, 1.82) is 0 Å². The van der Waals surface area contributed by atoms with Crippen molar-refractivity contribution in [1.82, 2.24) is 15.0 Å². The molecule has 1 aliphatic rings. The third kappa shape index (κ3) is 5.03. The summed E-state index contributed by atoms with van der Waals surface area (Å²) >= 11 is 0. The monoisotopic (exact) mass is 627 g/mol. The Kier molecular flexibility index (Phi) is 6.80. The highest BCUT2D eigenvalue weighted by atomic mass is 14.9. The lowest BCUT2D eigenvalue weighted by atomic mass is 9.80. The minimum Gasteiger partial charge on any atom is -0.265 e. The second-order valence-electron chi connectivity index (χ2n) is 13.3. The highest BCUT2D eigenvalue weighted by molar-refractivity contribution is 5.98. The fourth-order valence-corrected chi connectivity index (χ4v) is 7.47. The summed E-state index contributed by atoms with van der Waals surface area (Å²) in [6, 6.07) is 54.0. The highest BCUT2D eigenvalue weighted by Gasteiger charge is 2.36. The second kappa shape index (κ2) is 11.5. The fraction of sp³-hybridized carbons (Fsp3) is 0.0652. The van der Waals surface area contributed by atoms with Gasteiger partial charge in [-0.25, -0.2) is 9.97 Å². The Bertz CT molecular complexity index is 2480. The van der Waals surface area contributed by atoms with Gasteiger partial charge in [-0.3, -0.25) is 4.98 Å². The Hall–Kier alpha value is -6.19. The molecule has 0 amide bonds. The van der Waals surface area contributed by atoms with Gasteiger partial charge in [0, 0.05) is 34.5 Å². The summed E-state index contributed by atoms with van der Waals surface area (Å²) in [6.45, 7) is 4.71. The van der Waals surface area contributed by atoms with E-state index in [0.29, 0.717) is 5.82 Å². The van der Waals surface area contributed by atoms with Gasteiger partial charge in [0.1, 0.15) is 0 Å². The lowest BCUT2D eigenvalue weighted by molar-refractivity contribution is 0.666. The summed E-state index contributed by atoms with van der Waals surface area (Å²) in [5.74, 6) is 0.711. The molecule has 0 N–H and O–H groups in total. The average Bonchev–Trinajstić information content (AvgIpc) is 3.41. The number of aromatic nitrogens is 3. The highest BCUT2D eigenvalue weighted by Crippen LogP contribution is 2.52. The van der Waals surface area contributed by atoms with E-state index < -0.39 is 0 Å². The van der Waals surface area contributed by atoms with Crippen LogP contribution in [0.5, 0.6) is 0 Å². The van der Waals surface area contributed by atoms with Crippen LogP contribution in [0.25, 0.3) is 78.1 Å². The largest absolute Gasteiger partial charge is 0.265 e. The molecular weight excluding hydrogens is 595 g/mol. The SMILES string of the molecule is CC1(C)c2ccc(-c3ccc(-c4cc(-c5ccc(-c6ccncc6)cc5)nc(-c5ccccc5)n4)cc3)cc2-c2ccc3ccccc3c21. The molecule has 0 fully saturated rings. The van der Waals surface area contributed by atoms with Crippen molar-refractivity contribution in [2.24, 2.45) is 0 Å². The van der Waals surface area contributed by atoms with Crippen LogP contribution in [0.15, 0.2) is 164 Å². The number of hydrogen-bond acceptors (Lipinski definition) is 3. The Balaban J connectivity index is 1.09. The molecule has 3 heteroatoms. The van der Waals surface area contributed by atoms with Gasteiger partial charge in [0.05, 0.1) is 11.4 Å². The van der Waals surface area contributed by atoms with Crippen molar-refractivity contribution in [3.8, 4) is 67.3 Å². The Morgan fingerprint density at radius 3 is 1.69 bits per heavy atom. The molecule has 0 radical (unpaired) electrons. The van der Waals surface area contributed by atoms with Crippen molar-refractivity contribution in [3.05, 3.63) is 175 Å². The van der Waals surface area contributed by atoms with Crippen molar-refractivity contribution < 1.29 is 0 Å². The van der Waals surface area contributed by atoms with Crippen LogP contribution in [-0.2, 0) is 5.41 Å². The molecule has 3 nitrogen and oxygen atoms in total. The molecule has 8 aromatic rings. The molecule has 2 aromatic heterocycles. The van der Waals surface area contributed by atoms with E-state index in [1.807, 2.05) is 42.7 Å². The van der Waals surface area contributed by atoms with E-state index in [4.69, 9.17) is 9.97 Å². The molecule has 0 bridgehead atoms. The first-order chi connectivity index (χ1) is 24.0. The van der Waals surface area contributed by atoms with Crippen LogP contribution >= 0.6 is 0 Å². The zero-order valence-electron chi connectivity index (χ0n) is 27.4. The van der Waals surface area contributed by atoms with Crippen LogP contribution in [0, 0.1) is 0 Å². The van der Waals surface area contributed by atoms with Crippen LogP contribution in [0.1, 0.15) is 25.0 Å². The van der Waals surface area contributed by atoms with Crippen LogP contribution in [0.3, 0.4) is 0 Å². The molecule has 232 valence electrons. The van der Waals surface area contributed by atoms with Crippen molar-refractivity contribution in [3.63, 3.8) is 0 Å². The topological polar surface area (TPSA) is 38.7 Å². The third-order valence-corrected chi connectivity index (χ3v) is 10.0. The minimum atomic E-state index is -0.0611. The van der Waals surface area contributed by atoms with E-state index in [1.54, 1.807) is 0 Å². The number of benzene rings is 6. The van der Waals surface area contributed by atoms with E-state index in [1.165, 1.54) is 44.2 Å². The first-order valence-corrected chi connectivity index (χ1v) is 16.8. The predicted molar refractivity (Wildman–Crippen MR) is 202 cm³/mol. The molecule has 2 heterocycles. The predicted octanol–water partition coefficient (Wildman–Crippen LogP) is 11.7. The van der Waals surface area contributed by atoms with Gasteiger partial charge in [0.25, 0.3) is 0 Å². The summed E-state index contributed by atoms with van der Waals surface area (Å²) in [7, 11) is 0. The Morgan fingerprint density at radius 2 is 1.00 bits per heavy atom. The molecule has 1 aliphatic carbocycles. The summed E-state index contributed by atoms with van der Waals surface area (Å²) < 4.78 is 0. The van der Waals surface area contributed by atoms with Crippen molar-refractivity contribution in [2.75, 3.05) is 0 Å². The van der Waals surface area contributed by atoms with E-state index >= 15 is 0 Å². The summed E-state index contributed by atoms with van der Waals surface area (Å²) in [5, 5.41) is 2.64. The maximum absolute atomic E-state index is 5.06. The van der Waals surface area contributed by atoms with E-state index in [9.17, 15) is 0 Å². The number of rotatable bonds is 5. The Labute approximate surface area is 286 Å². The quantitative estimate of drug-likeness (QED) is 0.191. The van der Waals surface area contributed by atoms with Crippen LogP contribution in [0.2, 0.25) is 0 Å². The second-order valence-corrected chi connectivity index (χ2v) is 13.3. The van der Waals surface area contributed by atoms with Crippen LogP contribution < -0.4 is 0 Å². The standard InChI is InChI=1S/C46H33N3/c1-46(2)41-23-21-37(28-40(41)39-22-20-33-8-6-7-11-38(33)44(39)46)31-14-18-35(19-15-31)43-29-42(48-45(49-43)36-9-4-3-5-10-36)34-16-12-30(13-17-34)32-24-26-47-27-25-32/h3-29H,1-2H3.